The lowest BCUT2D eigenvalue weighted by molar-refractivity contribution is 0.121. The Balaban J connectivity index is 3.63. The summed E-state index contributed by atoms with van der Waals surface area (Å²) in [5.41, 5.74) is 4.48. The Hall–Kier alpha value is -0.340. The third-order valence-electron chi connectivity index (χ3n) is 1.35. The molecule has 10 heavy (non-hydrogen) atoms. The van der Waals surface area contributed by atoms with Gasteiger partial charge in [0, 0.05) is 6.54 Å². The van der Waals surface area contributed by atoms with E-state index in [0.29, 0.717) is 0 Å². The van der Waals surface area contributed by atoms with Crippen LogP contribution in [0.4, 0.5) is 0 Å². The minimum atomic E-state index is -0.810. The first-order valence-electron chi connectivity index (χ1n) is 3.72. The quantitative estimate of drug-likeness (QED) is 0.578. The molecule has 0 aromatic carbocycles. The maximum atomic E-state index is 9.34. The molecule has 0 aliphatic rings. The fourth-order valence-corrected chi connectivity index (χ4v) is 0.572. The van der Waals surface area contributed by atoms with E-state index in [1.165, 1.54) is 0 Å². The average molecular weight is 143 g/mol. The predicted octanol–water partition coefficient (Wildman–Crippen LogP) is 1.05. The van der Waals surface area contributed by atoms with Crippen LogP contribution in [-0.4, -0.2) is 17.3 Å². The van der Waals surface area contributed by atoms with Crippen LogP contribution < -0.4 is 5.73 Å². The minimum Gasteiger partial charge on any atom is -0.385 e. The van der Waals surface area contributed by atoms with Crippen molar-refractivity contribution in [2.24, 2.45) is 5.73 Å². The van der Waals surface area contributed by atoms with Gasteiger partial charge in [-0.05, 0) is 13.3 Å². The number of aliphatic hydroxyl groups is 1. The van der Waals surface area contributed by atoms with Gasteiger partial charge in [0.2, 0.25) is 0 Å². The monoisotopic (exact) mass is 143 g/mol. The SMILES string of the molecule is CCC/C=C/C(C)(O)CN. The van der Waals surface area contributed by atoms with E-state index in [-0.39, 0.29) is 6.54 Å². The van der Waals surface area contributed by atoms with Crippen molar-refractivity contribution in [3.05, 3.63) is 12.2 Å². The maximum absolute atomic E-state index is 9.34. The molecule has 0 radical (unpaired) electrons. The summed E-state index contributed by atoms with van der Waals surface area (Å²) in [5.74, 6) is 0. The Labute approximate surface area is 62.7 Å². The van der Waals surface area contributed by atoms with Crippen LogP contribution in [0, 0.1) is 0 Å². The molecule has 1 atom stereocenters. The van der Waals surface area contributed by atoms with Crippen LogP contribution in [0.3, 0.4) is 0 Å². The van der Waals surface area contributed by atoms with E-state index in [9.17, 15) is 5.11 Å². The molecular weight excluding hydrogens is 126 g/mol. The number of allylic oxidation sites excluding steroid dienone is 1. The van der Waals surface area contributed by atoms with E-state index >= 15 is 0 Å². The zero-order valence-corrected chi connectivity index (χ0v) is 6.80. The van der Waals surface area contributed by atoms with Gasteiger partial charge in [-0.15, -0.1) is 0 Å². The second-order valence-electron chi connectivity index (χ2n) is 2.75. The molecule has 0 heterocycles. The smallest absolute Gasteiger partial charge is 0.0921 e. The highest BCUT2D eigenvalue weighted by molar-refractivity contribution is 4.98. The molecule has 0 saturated heterocycles. The van der Waals surface area contributed by atoms with Crippen LogP contribution in [0.2, 0.25) is 0 Å². The van der Waals surface area contributed by atoms with Gasteiger partial charge in [0.15, 0.2) is 0 Å². The van der Waals surface area contributed by atoms with E-state index in [0.717, 1.165) is 12.8 Å². The number of hydrogen-bond acceptors (Lipinski definition) is 2. The minimum absolute atomic E-state index is 0.285. The number of hydrogen-bond donors (Lipinski definition) is 2. The summed E-state index contributed by atoms with van der Waals surface area (Å²) in [6, 6.07) is 0. The van der Waals surface area contributed by atoms with Crippen molar-refractivity contribution < 1.29 is 5.11 Å². The van der Waals surface area contributed by atoms with E-state index in [1.807, 2.05) is 6.08 Å². The average Bonchev–Trinajstić information content (AvgIpc) is 1.89. The lowest BCUT2D eigenvalue weighted by atomic mass is 10.1. The van der Waals surface area contributed by atoms with Gasteiger partial charge in [0.25, 0.3) is 0 Å². The summed E-state index contributed by atoms with van der Waals surface area (Å²) in [6.45, 7) is 4.09. The Morgan fingerprint density at radius 1 is 1.60 bits per heavy atom. The van der Waals surface area contributed by atoms with Crippen LogP contribution in [0.5, 0.6) is 0 Å². The molecule has 0 aliphatic carbocycles. The fourth-order valence-electron chi connectivity index (χ4n) is 0.572. The Bertz CT molecular complexity index is 108. The molecule has 2 nitrogen and oxygen atoms in total. The second kappa shape index (κ2) is 4.47. The summed E-state index contributed by atoms with van der Waals surface area (Å²) in [6.07, 6.45) is 5.84. The van der Waals surface area contributed by atoms with E-state index in [4.69, 9.17) is 5.73 Å². The molecule has 0 spiro atoms. The van der Waals surface area contributed by atoms with Crippen LogP contribution >= 0.6 is 0 Å². The van der Waals surface area contributed by atoms with E-state index in [2.05, 4.69) is 6.92 Å². The van der Waals surface area contributed by atoms with Gasteiger partial charge in [0.1, 0.15) is 0 Å². The van der Waals surface area contributed by atoms with Crippen LogP contribution in [0.1, 0.15) is 26.7 Å². The van der Waals surface area contributed by atoms with Gasteiger partial charge in [-0.25, -0.2) is 0 Å². The predicted molar refractivity (Wildman–Crippen MR) is 43.7 cm³/mol. The maximum Gasteiger partial charge on any atom is 0.0921 e. The first-order chi connectivity index (χ1) is 4.62. The highest BCUT2D eigenvalue weighted by Crippen LogP contribution is 2.03. The molecule has 0 fully saturated rings. The Morgan fingerprint density at radius 2 is 2.20 bits per heavy atom. The Morgan fingerprint density at radius 3 is 2.60 bits per heavy atom. The lowest BCUT2D eigenvalue weighted by Crippen LogP contribution is -2.31. The third-order valence-corrected chi connectivity index (χ3v) is 1.35. The van der Waals surface area contributed by atoms with Crippen molar-refractivity contribution in [3.8, 4) is 0 Å². The van der Waals surface area contributed by atoms with Crippen molar-refractivity contribution in [1.29, 1.82) is 0 Å². The first kappa shape index (κ1) is 9.66. The van der Waals surface area contributed by atoms with Crippen molar-refractivity contribution in [2.75, 3.05) is 6.54 Å². The summed E-state index contributed by atoms with van der Waals surface area (Å²) in [5, 5.41) is 9.34. The van der Waals surface area contributed by atoms with Gasteiger partial charge < -0.3 is 10.8 Å². The molecule has 60 valence electrons. The zero-order valence-electron chi connectivity index (χ0n) is 6.80. The molecule has 0 aromatic rings. The van der Waals surface area contributed by atoms with Crippen LogP contribution in [-0.2, 0) is 0 Å². The van der Waals surface area contributed by atoms with Crippen molar-refractivity contribution >= 4 is 0 Å². The highest BCUT2D eigenvalue weighted by atomic mass is 16.3. The zero-order chi connectivity index (χ0) is 8.04. The van der Waals surface area contributed by atoms with E-state index in [1.54, 1.807) is 13.0 Å². The molecule has 0 saturated carbocycles. The third kappa shape index (κ3) is 4.53. The van der Waals surface area contributed by atoms with Crippen molar-refractivity contribution in [2.45, 2.75) is 32.3 Å². The first-order valence-corrected chi connectivity index (χ1v) is 3.72. The summed E-state index contributed by atoms with van der Waals surface area (Å²) in [4.78, 5) is 0. The fraction of sp³-hybridized carbons (Fsp3) is 0.750. The molecule has 0 aliphatic heterocycles. The molecule has 0 aromatic heterocycles. The van der Waals surface area contributed by atoms with Crippen molar-refractivity contribution in [1.82, 2.24) is 0 Å². The molecule has 0 bridgehead atoms. The molecule has 3 N–H and O–H groups in total. The van der Waals surface area contributed by atoms with Crippen LogP contribution in [0.15, 0.2) is 12.2 Å². The van der Waals surface area contributed by atoms with Gasteiger partial charge in [-0.3, -0.25) is 0 Å². The Kier molecular flexibility index (Phi) is 4.32. The number of rotatable bonds is 4. The van der Waals surface area contributed by atoms with Gasteiger partial charge in [-0.1, -0.05) is 25.5 Å². The van der Waals surface area contributed by atoms with Gasteiger partial charge >= 0.3 is 0 Å². The molecule has 0 rings (SSSR count). The number of unbranched alkanes of at least 4 members (excludes halogenated alkanes) is 1. The molecule has 2 heteroatoms. The second-order valence-corrected chi connectivity index (χ2v) is 2.75. The number of nitrogens with two attached hydrogens (primary N) is 1. The molecule has 0 amide bonds. The summed E-state index contributed by atoms with van der Waals surface area (Å²) < 4.78 is 0. The van der Waals surface area contributed by atoms with E-state index < -0.39 is 5.60 Å². The summed E-state index contributed by atoms with van der Waals surface area (Å²) >= 11 is 0. The highest BCUT2D eigenvalue weighted by Gasteiger charge is 2.11. The molecule has 1 unspecified atom stereocenters. The lowest BCUT2D eigenvalue weighted by Gasteiger charge is -2.14. The van der Waals surface area contributed by atoms with Crippen LogP contribution in [0.25, 0.3) is 0 Å². The van der Waals surface area contributed by atoms with Gasteiger partial charge in [-0.2, -0.15) is 0 Å². The standard InChI is InChI=1S/C8H17NO/c1-3-4-5-6-8(2,10)7-9/h5-6,10H,3-4,7,9H2,1-2H3/b6-5+. The van der Waals surface area contributed by atoms with Gasteiger partial charge in [0.05, 0.1) is 5.60 Å². The van der Waals surface area contributed by atoms with Crippen molar-refractivity contribution in [3.63, 3.8) is 0 Å². The largest absolute Gasteiger partial charge is 0.385 e. The molecular formula is C8H17NO. The summed E-state index contributed by atoms with van der Waals surface area (Å²) in [7, 11) is 0. The topological polar surface area (TPSA) is 46.2 Å². The normalized spacial score (nSPS) is 17.6.